The van der Waals surface area contributed by atoms with Gasteiger partial charge in [0.25, 0.3) is 0 Å². The van der Waals surface area contributed by atoms with E-state index in [-0.39, 0.29) is 29.7 Å². The molecule has 1 saturated carbocycles. The van der Waals surface area contributed by atoms with Crippen molar-refractivity contribution in [2.45, 2.75) is 32.2 Å². The van der Waals surface area contributed by atoms with Gasteiger partial charge >= 0.3 is 5.97 Å². The van der Waals surface area contributed by atoms with Crippen molar-refractivity contribution < 1.29 is 14.7 Å². The van der Waals surface area contributed by atoms with Gasteiger partial charge in [-0.15, -0.1) is 0 Å². The minimum atomic E-state index is -0.813. The minimum Gasteiger partial charge on any atom is -0.481 e. The number of nitrogens with zero attached hydrogens (tertiary/aromatic N) is 1. The maximum absolute atomic E-state index is 13.0. The molecule has 1 amide bonds. The van der Waals surface area contributed by atoms with Crippen LogP contribution in [0.1, 0.15) is 26.2 Å². The third-order valence-electron chi connectivity index (χ3n) is 5.40. The van der Waals surface area contributed by atoms with Gasteiger partial charge in [0.2, 0.25) is 5.91 Å². The van der Waals surface area contributed by atoms with Crippen molar-refractivity contribution in [2.75, 3.05) is 19.6 Å². The molecule has 21 heavy (non-hydrogen) atoms. The fourth-order valence-corrected chi connectivity index (χ4v) is 4.40. The molecule has 5 heteroatoms. The zero-order valence-electron chi connectivity index (χ0n) is 12.5. The molecule has 5 nitrogen and oxygen atoms in total. The standard InChI is InChI=1S/C16H24N2O3/c1-2-18(12-5-7-17-8-6-12)15(19)13-10-3-4-11(9-10)14(13)16(20)21/h3-4,10-14,17H,2,5-9H2,1H3,(H,20,21)/t10?,11?,13-,14+/m0/s1. The largest absolute Gasteiger partial charge is 0.481 e. The number of hydrogen-bond acceptors (Lipinski definition) is 3. The Balaban J connectivity index is 1.79. The number of nitrogens with one attached hydrogen (secondary N) is 1. The number of carbonyl (C=O) groups excluding carboxylic acids is 1. The number of rotatable bonds is 4. The lowest BCUT2D eigenvalue weighted by Crippen LogP contribution is -2.50. The SMILES string of the molecule is CCN(C(=O)[C@H]1C2C=CC(C2)[C@H]1C(=O)O)C1CCNCC1. The Morgan fingerprint density at radius 3 is 2.38 bits per heavy atom. The fraction of sp³-hybridized carbons (Fsp3) is 0.750. The van der Waals surface area contributed by atoms with Crippen molar-refractivity contribution in [1.29, 1.82) is 0 Å². The van der Waals surface area contributed by atoms with E-state index in [0.717, 1.165) is 32.4 Å². The van der Waals surface area contributed by atoms with Crippen molar-refractivity contribution in [3.63, 3.8) is 0 Å². The van der Waals surface area contributed by atoms with E-state index >= 15 is 0 Å². The minimum absolute atomic E-state index is 0.0492. The van der Waals surface area contributed by atoms with Crippen LogP contribution in [0.25, 0.3) is 0 Å². The number of carboxylic acids is 1. The molecule has 2 N–H and O–H groups in total. The average Bonchev–Trinajstić information content (AvgIpc) is 3.09. The highest BCUT2D eigenvalue weighted by atomic mass is 16.4. The number of carboxylic acid groups (broad SMARTS) is 1. The van der Waals surface area contributed by atoms with Gasteiger partial charge < -0.3 is 15.3 Å². The molecule has 0 aromatic rings. The van der Waals surface area contributed by atoms with Crippen LogP contribution in [0.5, 0.6) is 0 Å². The van der Waals surface area contributed by atoms with Gasteiger partial charge in [-0.05, 0) is 51.1 Å². The predicted molar refractivity (Wildman–Crippen MR) is 78.6 cm³/mol. The van der Waals surface area contributed by atoms with E-state index in [0.29, 0.717) is 6.54 Å². The first-order chi connectivity index (χ1) is 10.1. The molecule has 2 fully saturated rings. The quantitative estimate of drug-likeness (QED) is 0.762. The van der Waals surface area contributed by atoms with Crippen LogP contribution in [0.3, 0.4) is 0 Å². The smallest absolute Gasteiger partial charge is 0.307 e. The first-order valence-corrected chi connectivity index (χ1v) is 8.05. The van der Waals surface area contributed by atoms with Gasteiger partial charge in [-0.1, -0.05) is 12.2 Å². The molecular weight excluding hydrogens is 268 g/mol. The van der Waals surface area contributed by atoms with Gasteiger partial charge in [0.05, 0.1) is 11.8 Å². The molecule has 3 rings (SSSR count). The molecule has 2 bridgehead atoms. The first kappa shape index (κ1) is 14.6. The zero-order valence-corrected chi connectivity index (χ0v) is 12.5. The van der Waals surface area contributed by atoms with Crippen LogP contribution in [0.4, 0.5) is 0 Å². The summed E-state index contributed by atoms with van der Waals surface area (Å²) < 4.78 is 0. The summed E-state index contributed by atoms with van der Waals surface area (Å²) in [7, 11) is 0. The molecule has 2 unspecified atom stereocenters. The summed E-state index contributed by atoms with van der Waals surface area (Å²) in [6, 6.07) is 0.265. The van der Waals surface area contributed by atoms with Gasteiger partial charge in [-0.25, -0.2) is 0 Å². The Bertz CT molecular complexity index is 456. The highest BCUT2D eigenvalue weighted by Gasteiger charge is 2.52. The summed E-state index contributed by atoms with van der Waals surface area (Å²) in [4.78, 5) is 26.5. The van der Waals surface area contributed by atoms with Crippen LogP contribution < -0.4 is 5.32 Å². The number of hydrogen-bond donors (Lipinski definition) is 2. The lowest BCUT2D eigenvalue weighted by molar-refractivity contribution is -0.152. The van der Waals surface area contributed by atoms with Crippen LogP contribution in [0.15, 0.2) is 12.2 Å². The molecule has 1 aliphatic heterocycles. The maximum atomic E-state index is 13.0. The third-order valence-corrected chi connectivity index (χ3v) is 5.40. The van der Waals surface area contributed by atoms with Gasteiger partial charge in [0, 0.05) is 12.6 Å². The van der Waals surface area contributed by atoms with Gasteiger partial charge in [-0.3, -0.25) is 9.59 Å². The second-order valence-electron chi connectivity index (χ2n) is 6.44. The lowest BCUT2D eigenvalue weighted by Gasteiger charge is -2.37. The van der Waals surface area contributed by atoms with E-state index in [1.54, 1.807) is 0 Å². The number of piperidine rings is 1. The van der Waals surface area contributed by atoms with E-state index in [1.165, 1.54) is 0 Å². The molecule has 2 aliphatic carbocycles. The van der Waals surface area contributed by atoms with Crippen LogP contribution in [-0.4, -0.2) is 47.6 Å². The second kappa shape index (κ2) is 5.79. The van der Waals surface area contributed by atoms with Crippen molar-refractivity contribution in [1.82, 2.24) is 10.2 Å². The first-order valence-electron chi connectivity index (χ1n) is 8.05. The Morgan fingerprint density at radius 1 is 1.19 bits per heavy atom. The molecule has 0 aromatic heterocycles. The number of amides is 1. The van der Waals surface area contributed by atoms with E-state index < -0.39 is 11.9 Å². The average molecular weight is 292 g/mol. The highest BCUT2D eigenvalue weighted by Crippen LogP contribution is 2.49. The van der Waals surface area contributed by atoms with Crippen LogP contribution in [0, 0.1) is 23.7 Å². The summed E-state index contributed by atoms with van der Waals surface area (Å²) >= 11 is 0. The lowest BCUT2D eigenvalue weighted by atomic mass is 9.81. The fourth-order valence-electron chi connectivity index (χ4n) is 4.40. The maximum Gasteiger partial charge on any atom is 0.307 e. The topological polar surface area (TPSA) is 69.6 Å². The Kier molecular flexibility index (Phi) is 4.02. The summed E-state index contributed by atoms with van der Waals surface area (Å²) in [5, 5.41) is 12.8. The molecule has 0 spiro atoms. The van der Waals surface area contributed by atoms with Crippen molar-refractivity contribution in [3.05, 3.63) is 12.2 Å². The third kappa shape index (κ3) is 2.48. The van der Waals surface area contributed by atoms with Crippen molar-refractivity contribution in [3.8, 4) is 0 Å². The molecule has 1 saturated heterocycles. The molecule has 4 atom stereocenters. The molecule has 116 valence electrons. The van der Waals surface area contributed by atoms with Gasteiger partial charge in [0.1, 0.15) is 0 Å². The number of allylic oxidation sites excluding steroid dienone is 2. The normalized spacial score (nSPS) is 35.1. The zero-order chi connectivity index (χ0) is 15.0. The molecular formula is C16H24N2O3. The number of carbonyl (C=O) groups is 2. The van der Waals surface area contributed by atoms with Crippen molar-refractivity contribution >= 4 is 11.9 Å². The highest BCUT2D eigenvalue weighted by molar-refractivity contribution is 5.87. The van der Waals surface area contributed by atoms with E-state index in [1.807, 2.05) is 17.9 Å². The predicted octanol–water partition coefficient (Wildman–Crippen LogP) is 1.11. The summed E-state index contributed by atoms with van der Waals surface area (Å²) in [6.07, 6.45) is 6.82. The van der Waals surface area contributed by atoms with Gasteiger partial charge in [-0.2, -0.15) is 0 Å². The summed E-state index contributed by atoms with van der Waals surface area (Å²) in [5.41, 5.74) is 0. The van der Waals surface area contributed by atoms with E-state index in [2.05, 4.69) is 11.4 Å². The van der Waals surface area contributed by atoms with Crippen LogP contribution in [0.2, 0.25) is 0 Å². The monoisotopic (exact) mass is 292 g/mol. The van der Waals surface area contributed by atoms with Crippen molar-refractivity contribution in [2.24, 2.45) is 23.7 Å². The van der Waals surface area contributed by atoms with E-state index in [4.69, 9.17) is 0 Å². The Hall–Kier alpha value is -1.36. The summed E-state index contributed by atoms with van der Waals surface area (Å²) in [6.45, 7) is 4.55. The van der Waals surface area contributed by atoms with Crippen LogP contribution >= 0.6 is 0 Å². The molecule has 1 heterocycles. The molecule has 3 aliphatic rings. The second-order valence-corrected chi connectivity index (χ2v) is 6.44. The van der Waals surface area contributed by atoms with Gasteiger partial charge in [0.15, 0.2) is 0 Å². The number of fused-ring (bicyclic) bond motifs is 2. The molecule has 0 aromatic carbocycles. The number of aliphatic carboxylic acids is 1. The Morgan fingerprint density at radius 2 is 1.81 bits per heavy atom. The Labute approximate surface area is 125 Å². The van der Waals surface area contributed by atoms with Crippen LogP contribution in [-0.2, 0) is 9.59 Å². The summed E-state index contributed by atoms with van der Waals surface area (Å²) in [5.74, 6) is -1.46. The molecule has 0 radical (unpaired) electrons. The van der Waals surface area contributed by atoms with E-state index in [9.17, 15) is 14.7 Å².